The van der Waals surface area contributed by atoms with Crippen LogP contribution in [0.3, 0.4) is 0 Å². The minimum absolute atomic E-state index is 0.0374. The molecule has 6 rings (SSSR count). The van der Waals surface area contributed by atoms with E-state index < -0.39 is 0 Å². The lowest BCUT2D eigenvalue weighted by Gasteiger charge is -2.22. The van der Waals surface area contributed by atoms with Gasteiger partial charge in [0.2, 0.25) is 0 Å². The molecular weight excluding hydrogens is 422 g/mol. The minimum Gasteiger partial charge on any atom is -0.464 e. The van der Waals surface area contributed by atoms with Gasteiger partial charge in [-0.3, -0.25) is 4.98 Å². The molecule has 6 aromatic rings. The van der Waals surface area contributed by atoms with Crippen LogP contribution in [0.5, 0.6) is 0 Å². The summed E-state index contributed by atoms with van der Waals surface area (Å²) < 4.78 is 7.09. The van der Waals surface area contributed by atoms with E-state index in [0.29, 0.717) is 0 Å². The third-order valence-corrected chi connectivity index (χ3v) is 7.87. The highest BCUT2D eigenvalue weighted by Gasteiger charge is 2.21. The van der Waals surface area contributed by atoms with E-state index in [1.54, 1.807) is 0 Å². The van der Waals surface area contributed by atoms with E-state index >= 15 is 0 Å². The number of aromatic nitrogens is 1. The van der Waals surface area contributed by atoms with Crippen molar-refractivity contribution in [1.29, 1.82) is 0 Å². The van der Waals surface area contributed by atoms with Gasteiger partial charge in [0.25, 0.3) is 0 Å². The van der Waals surface area contributed by atoms with Gasteiger partial charge in [-0.05, 0) is 63.9 Å². The lowest BCUT2D eigenvalue weighted by Crippen LogP contribution is -2.12. The molecule has 0 N–H and O–H groups in total. The summed E-state index contributed by atoms with van der Waals surface area (Å²) >= 11 is 1.81. The van der Waals surface area contributed by atoms with Gasteiger partial charge in [0, 0.05) is 27.6 Å². The van der Waals surface area contributed by atoms with Crippen LogP contribution in [-0.4, -0.2) is 4.98 Å². The Morgan fingerprint density at radius 1 is 0.848 bits per heavy atom. The highest BCUT2D eigenvalue weighted by Crippen LogP contribution is 2.45. The normalized spacial score (nSPS) is 12.2. The largest absolute Gasteiger partial charge is 0.464 e. The third kappa shape index (κ3) is 3.19. The Kier molecular flexibility index (Phi) is 4.46. The molecule has 162 valence electrons. The maximum absolute atomic E-state index is 5.86. The Labute approximate surface area is 197 Å². The fraction of sp³-hybridized carbons (Fsp3) is 0.167. The maximum Gasteiger partial charge on any atom is 0.134 e. The van der Waals surface area contributed by atoms with E-state index in [1.807, 2.05) is 35.9 Å². The van der Waals surface area contributed by atoms with Crippen LogP contribution in [-0.2, 0) is 5.41 Å². The molecular formula is C30H25NOS. The monoisotopic (exact) mass is 447 g/mol. The second-order valence-corrected chi connectivity index (χ2v) is 10.8. The molecule has 0 fully saturated rings. The van der Waals surface area contributed by atoms with Gasteiger partial charge in [0.15, 0.2) is 0 Å². The first-order valence-corrected chi connectivity index (χ1v) is 12.1. The van der Waals surface area contributed by atoms with Crippen LogP contribution < -0.4 is 0 Å². The summed E-state index contributed by atoms with van der Waals surface area (Å²) in [6, 6.07) is 23.7. The van der Waals surface area contributed by atoms with Crippen molar-refractivity contribution in [2.45, 2.75) is 33.1 Å². The minimum atomic E-state index is 0.0374. The highest BCUT2D eigenvalue weighted by molar-refractivity contribution is 7.23. The summed E-state index contributed by atoms with van der Waals surface area (Å²) in [7, 11) is 0. The average molecular weight is 448 g/mol. The van der Waals surface area contributed by atoms with E-state index in [0.717, 1.165) is 22.2 Å². The molecule has 3 aromatic heterocycles. The first-order chi connectivity index (χ1) is 15.9. The van der Waals surface area contributed by atoms with Crippen LogP contribution in [0, 0.1) is 6.92 Å². The van der Waals surface area contributed by atoms with Gasteiger partial charge < -0.3 is 4.42 Å². The first-order valence-electron chi connectivity index (χ1n) is 11.3. The number of hydrogen-bond donors (Lipinski definition) is 0. The summed E-state index contributed by atoms with van der Waals surface area (Å²) in [5.41, 5.74) is 6.97. The quantitative estimate of drug-likeness (QED) is 0.264. The molecule has 0 bridgehead atoms. The lowest BCUT2D eigenvalue weighted by molar-refractivity contribution is 0.596. The number of thiophene rings is 1. The zero-order valence-corrected chi connectivity index (χ0v) is 20.1. The Bertz CT molecular complexity index is 1660. The zero-order chi connectivity index (χ0) is 22.7. The van der Waals surface area contributed by atoms with Crippen LogP contribution in [0.15, 0.2) is 83.6 Å². The smallest absolute Gasteiger partial charge is 0.134 e. The third-order valence-electron chi connectivity index (χ3n) is 6.52. The highest BCUT2D eigenvalue weighted by atomic mass is 32.1. The molecule has 0 aliphatic heterocycles. The molecule has 2 nitrogen and oxygen atoms in total. The lowest BCUT2D eigenvalue weighted by atomic mass is 9.82. The topological polar surface area (TPSA) is 26.0 Å². The fourth-order valence-corrected chi connectivity index (χ4v) is 6.17. The number of rotatable bonds is 2. The molecule has 0 atom stereocenters. The number of para-hydroxylation sites is 1. The van der Waals surface area contributed by atoms with Crippen LogP contribution in [0.2, 0.25) is 0 Å². The van der Waals surface area contributed by atoms with E-state index in [1.165, 1.54) is 42.4 Å². The molecule has 0 saturated carbocycles. The second kappa shape index (κ2) is 7.29. The van der Waals surface area contributed by atoms with Crippen LogP contribution >= 0.6 is 11.3 Å². The fourth-order valence-electron chi connectivity index (χ4n) is 4.83. The van der Waals surface area contributed by atoms with E-state index in [2.05, 4.69) is 82.3 Å². The predicted molar refractivity (Wildman–Crippen MR) is 141 cm³/mol. The molecule has 33 heavy (non-hydrogen) atoms. The van der Waals surface area contributed by atoms with Gasteiger partial charge >= 0.3 is 0 Å². The molecule has 0 saturated heterocycles. The molecule has 3 heteroatoms. The van der Waals surface area contributed by atoms with Gasteiger partial charge in [0.05, 0.1) is 10.4 Å². The van der Waals surface area contributed by atoms with E-state index in [4.69, 9.17) is 9.40 Å². The zero-order valence-electron chi connectivity index (χ0n) is 19.3. The van der Waals surface area contributed by atoms with Crippen molar-refractivity contribution in [2.75, 3.05) is 0 Å². The molecule has 0 unspecified atom stereocenters. The number of aryl methyl sites for hydroxylation is 1. The number of nitrogens with zero attached hydrogens (tertiary/aromatic N) is 1. The molecule has 0 amide bonds. The van der Waals surface area contributed by atoms with Crippen molar-refractivity contribution in [3.05, 3.63) is 90.3 Å². The summed E-state index contributed by atoms with van der Waals surface area (Å²) in [6.45, 7) is 9.05. The van der Waals surface area contributed by atoms with Gasteiger partial charge in [-0.2, -0.15) is 0 Å². The Balaban J connectivity index is 1.62. The van der Waals surface area contributed by atoms with Crippen molar-refractivity contribution >= 4 is 43.2 Å². The Morgan fingerprint density at radius 2 is 1.61 bits per heavy atom. The molecule has 3 aromatic carbocycles. The molecule has 0 spiro atoms. The molecule has 0 radical (unpaired) electrons. The van der Waals surface area contributed by atoms with E-state index in [-0.39, 0.29) is 5.41 Å². The second-order valence-electron chi connectivity index (χ2n) is 9.73. The number of hydrogen-bond acceptors (Lipinski definition) is 3. The van der Waals surface area contributed by atoms with Crippen molar-refractivity contribution in [2.24, 2.45) is 0 Å². The molecule has 3 heterocycles. The van der Waals surface area contributed by atoms with Crippen molar-refractivity contribution in [3.63, 3.8) is 0 Å². The van der Waals surface area contributed by atoms with Gasteiger partial charge in [-0.1, -0.05) is 63.2 Å². The average Bonchev–Trinajstić information content (AvgIpc) is 3.38. The molecule has 0 aliphatic carbocycles. The number of furan rings is 1. The van der Waals surface area contributed by atoms with Crippen LogP contribution in [0.25, 0.3) is 53.5 Å². The van der Waals surface area contributed by atoms with Crippen molar-refractivity contribution < 1.29 is 4.42 Å². The summed E-state index contributed by atoms with van der Waals surface area (Å²) in [6.07, 6.45) is 3.84. The Morgan fingerprint density at radius 3 is 2.42 bits per heavy atom. The molecule has 0 aliphatic rings. The van der Waals surface area contributed by atoms with Gasteiger partial charge in [0.1, 0.15) is 11.8 Å². The number of fused-ring (bicyclic) bond motifs is 3. The number of benzene rings is 3. The maximum atomic E-state index is 5.86. The Hall–Kier alpha value is -3.43. The van der Waals surface area contributed by atoms with Crippen molar-refractivity contribution in [3.8, 4) is 21.7 Å². The van der Waals surface area contributed by atoms with Gasteiger partial charge in [-0.15, -0.1) is 11.3 Å². The first kappa shape index (κ1) is 20.2. The summed E-state index contributed by atoms with van der Waals surface area (Å²) in [5.74, 6) is 0. The standard InChI is InChI=1S/C30H25NOS/c1-18-21-13-14-31-27(20-15-19-9-5-6-10-22(19)25(16-20)30(2,3)4)29(21)33-28(18)24-17-32-26-12-8-7-11-23(24)26/h5-17H,1-4H3. The summed E-state index contributed by atoms with van der Waals surface area (Å²) in [4.78, 5) is 6.14. The predicted octanol–water partition coefficient (Wildman–Crippen LogP) is 9.14. The number of pyridine rings is 1. The van der Waals surface area contributed by atoms with Crippen LogP contribution in [0.4, 0.5) is 0 Å². The van der Waals surface area contributed by atoms with Crippen LogP contribution in [0.1, 0.15) is 31.9 Å². The SMILES string of the molecule is Cc1c(-c2coc3ccccc23)sc2c(-c3cc(C(C)(C)C)c4ccccc4c3)nccc12. The van der Waals surface area contributed by atoms with E-state index in [9.17, 15) is 0 Å². The van der Waals surface area contributed by atoms with Crippen molar-refractivity contribution in [1.82, 2.24) is 4.98 Å². The summed E-state index contributed by atoms with van der Waals surface area (Å²) in [5, 5.41) is 4.99. The van der Waals surface area contributed by atoms with Gasteiger partial charge in [-0.25, -0.2) is 0 Å².